The molecule has 0 unspecified atom stereocenters. The van der Waals surface area contributed by atoms with Crippen LogP contribution < -0.4 is 11.5 Å². The first-order valence-electron chi connectivity index (χ1n) is 3.48. The van der Waals surface area contributed by atoms with Crippen LogP contribution in [-0.4, -0.2) is 32.5 Å². The van der Waals surface area contributed by atoms with Gasteiger partial charge in [-0.05, 0) is 0 Å². The number of methoxy groups -OCH3 is 1. The SMILES string of the molecule is COCC[C@@]1(N)OCO[C@@H]1N. The van der Waals surface area contributed by atoms with Gasteiger partial charge in [-0.25, -0.2) is 0 Å². The highest BCUT2D eigenvalue weighted by molar-refractivity contribution is 4.82. The van der Waals surface area contributed by atoms with Crippen LogP contribution in [0.4, 0.5) is 0 Å². The predicted octanol–water partition coefficient (Wildman–Crippen LogP) is -1.03. The fraction of sp³-hybridized carbons (Fsp3) is 1.00. The molecule has 11 heavy (non-hydrogen) atoms. The van der Waals surface area contributed by atoms with E-state index in [-0.39, 0.29) is 6.79 Å². The largest absolute Gasteiger partial charge is 0.385 e. The molecule has 4 N–H and O–H groups in total. The Balaban J connectivity index is 2.38. The Morgan fingerprint density at radius 3 is 2.91 bits per heavy atom. The van der Waals surface area contributed by atoms with Crippen LogP contribution in [0.5, 0.6) is 0 Å². The minimum atomic E-state index is -0.865. The maximum absolute atomic E-state index is 5.74. The molecule has 1 heterocycles. The van der Waals surface area contributed by atoms with Gasteiger partial charge in [-0.2, -0.15) is 0 Å². The van der Waals surface area contributed by atoms with Crippen LogP contribution in [0.25, 0.3) is 0 Å². The molecule has 0 saturated carbocycles. The molecule has 5 nitrogen and oxygen atoms in total. The van der Waals surface area contributed by atoms with Crippen molar-refractivity contribution in [1.82, 2.24) is 0 Å². The number of hydrogen-bond donors (Lipinski definition) is 2. The van der Waals surface area contributed by atoms with Gasteiger partial charge in [-0.1, -0.05) is 0 Å². The van der Waals surface area contributed by atoms with Crippen molar-refractivity contribution >= 4 is 0 Å². The third-order valence-corrected chi connectivity index (χ3v) is 1.75. The number of ether oxygens (including phenoxy) is 3. The molecule has 5 heteroatoms. The van der Waals surface area contributed by atoms with E-state index >= 15 is 0 Å². The van der Waals surface area contributed by atoms with Crippen molar-refractivity contribution in [3.8, 4) is 0 Å². The van der Waals surface area contributed by atoms with E-state index in [0.29, 0.717) is 13.0 Å². The van der Waals surface area contributed by atoms with Crippen LogP contribution in [0.2, 0.25) is 0 Å². The van der Waals surface area contributed by atoms with Crippen molar-refractivity contribution in [3.63, 3.8) is 0 Å². The Hall–Kier alpha value is -0.200. The van der Waals surface area contributed by atoms with E-state index in [0.717, 1.165) is 0 Å². The van der Waals surface area contributed by atoms with Crippen molar-refractivity contribution < 1.29 is 14.2 Å². The van der Waals surface area contributed by atoms with Gasteiger partial charge < -0.3 is 19.9 Å². The summed E-state index contributed by atoms with van der Waals surface area (Å²) in [4.78, 5) is 0. The third kappa shape index (κ3) is 1.88. The van der Waals surface area contributed by atoms with E-state index in [4.69, 9.17) is 25.7 Å². The molecule has 0 amide bonds. The lowest BCUT2D eigenvalue weighted by atomic mass is 10.1. The molecule has 0 aliphatic carbocycles. The summed E-state index contributed by atoms with van der Waals surface area (Å²) in [5.41, 5.74) is 10.4. The Morgan fingerprint density at radius 2 is 2.45 bits per heavy atom. The first-order valence-corrected chi connectivity index (χ1v) is 3.48. The van der Waals surface area contributed by atoms with Gasteiger partial charge in [0, 0.05) is 13.5 Å². The van der Waals surface area contributed by atoms with Gasteiger partial charge in [0.15, 0.2) is 18.7 Å². The van der Waals surface area contributed by atoms with Crippen molar-refractivity contribution in [1.29, 1.82) is 0 Å². The van der Waals surface area contributed by atoms with Crippen LogP contribution >= 0.6 is 0 Å². The van der Waals surface area contributed by atoms with Crippen molar-refractivity contribution in [3.05, 3.63) is 0 Å². The molecule has 1 aliphatic rings. The van der Waals surface area contributed by atoms with Crippen molar-refractivity contribution in [2.24, 2.45) is 11.5 Å². The Kier molecular flexibility index (Phi) is 2.80. The Bertz CT molecular complexity index is 133. The zero-order valence-corrected chi connectivity index (χ0v) is 6.58. The number of rotatable bonds is 3. The molecule has 0 aromatic rings. The highest BCUT2D eigenvalue weighted by Gasteiger charge is 2.39. The minimum absolute atomic E-state index is 0.168. The molecule has 0 radical (unpaired) electrons. The van der Waals surface area contributed by atoms with Crippen LogP contribution in [-0.2, 0) is 14.2 Å². The zero-order valence-electron chi connectivity index (χ0n) is 6.58. The topological polar surface area (TPSA) is 79.7 Å². The third-order valence-electron chi connectivity index (χ3n) is 1.75. The highest BCUT2D eigenvalue weighted by atomic mass is 16.7. The average Bonchev–Trinajstić information content (AvgIpc) is 2.30. The first-order chi connectivity index (χ1) is 5.19. The summed E-state index contributed by atoms with van der Waals surface area (Å²) in [5, 5.41) is 0. The van der Waals surface area contributed by atoms with E-state index in [1.54, 1.807) is 7.11 Å². The van der Waals surface area contributed by atoms with Gasteiger partial charge in [0.2, 0.25) is 0 Å². The molecule has 66 valence electrons. The van der Waals surface area contributed by atoms with Crippen molar-refractivity contribution in [2.45, 2.75) is 18.4 Å². The van der Waals surface area contributed by atoms with Gasteiger partial charge in [0.05, 0.1) is 6.61 Å². The second-order valence-corrected chi connectivity index (χ2v) is 2.55. The summed E-state index contributed by atoms with van der Waals surface area (Å²) in [7, 11) is 1.60. The lowest BCUT2D eigenvalue weighted by Crippen LogP contribution is -2.53. The monoisotopic (exact) mass is 162 g/mol. The molecule has 1 aliphatic heterocycles. The number of hydrogen-bond acceptors (Lipinski definition) is 5. The fourth-order valence-electron chi connectivity index (χ4n) is 0.916. The molecule has 0 aromatic carbocycles. The first kappa shape index (κ1) is 8.89. The van der Waals surface area contributed by atoms with Crippen LogP contribution in [0.3, 0.4) is 0 Å². The summed E-state index contributed by atoms with van der Waals surface area (Å²) in [6.07, 6.45) is 0.00245. The Morgan fingerprint density at radius 1 is 1.73 bits per heavy atom. The predicted molar refractivity (Wildman–Crippen MR) is 38.4 cm³/mol. The summed E-state index contributed by atoms with van der Waals surface area (Å²) in [5.74, 6) is 0. The van der Waals surface area contributed by atoms with E-state index in [9.17, 15) is 0 Å². The molecule has 1 rings (SSSR count). The summed E-state index contributed by atoms with van der Waals surface area (Å²) < 4.78 is 14.9. The van der Waals surface area contributed by atoms with E-state index in [2.05, 4.69) is 0 Å². The normalized spacial score (nSPS) is 37.9. The lowest BCUT2D eigenvalue weighted by Gasteiger charge is -2.24. The maximum atomic E-state index is 5.74. The van der Waals surface area contributed by atoms with Gasteiger partial charge in [-0.15, -0.1) is 0 Å². The van der Waals surface area contributed by atoms with Gasteiger partial charge in [0.25, 0.3) is 0 Å². The molecule has 1 saturated heterocycles. The van der Waals surface area contributed by atoms with Gasteiger partial charge in [0.1, 0.15) is 0 Å². The van der Waals surface area contributed by atoms with Crippen LogP contribution in [0, 0.1) is 0 Å². The second-order valence-electron chi connectivity index (χ2n) is 2.55. The minimum Gasteiger partial charge on any atom is -0.385 e. The Labute approximate surface area is 65.6 Å². The smallest absolute Gasteiger partial charge is 0.161 e. The molecule has 1 fully saturated rings. The average molecular weight is 162 g/mol. The van der Waals surface area contributed by atoms with Gasteiger partial charge >= 0.3 is 0 Å². The van der Waals surface area contributed by atoms with Gasteiger partial charge in [-0.3, -0.25) is 5.73 Å². The molecular formula is C6H14N2O3. The fourth-order valence-corrected chi connectivity index (χ4v) is 0.916. The summed E-state index contributed by atoms with van der Waals surface area (Å²) >= 11 is 0. The quantitative estimate of drug-likeness (QED) is 0.554. The molecule has 0 aromatic heterocycles. The number of nitrogens with two attached hydrogens (primary N) is 2. The standard InChI is InChI=1S/C6H14N2O3/c1-9-3-2-6(8)5(7)10-4-11-6/h5H,2-4,7-8H2,1H3/t5-,6+/m0/s1. The molecular weight excluding hydrogens is 148 g/mol. The molecule has 0 spiro atoms. The maximum Gasteiger partial charge on any atom is 0.161 e. The summed E-state index contributed by atoms with van der Waals surface area (Å²) in [6.45, 7) is 0.689. The van der Waals surface area contributed by atoms with E-state index in [1.165, 1.54) is 0 Å². The van der Waals surface area contributed by atoms with E-state index < -0.39 is 12.0 Å². The van der Waals surface area contributed by atoms with Crippen LogP contribution in [0.1, 0.15) is 6.42 Å². The zero-order chi connectivity index (χ0) is 8.32. The highest BCUT2D eigenvalue weighted by Crippen LogP contribution is 2.19. The van der Waals surface area contributed by atoms with Crippen LogP contribution in [0.15, 0.2) is 0 Å². The second kappa shape index (κ2) is 3.46. The van der Waals surface area contributed by atoms with Crippen molar-refractivity contribution in [2.75, 3.05) is 20.5 Å². The molecule has 0 bridgehead atoms. The van der Waals surface area contributed by atoms with E-state index in [1.807, 2.05) is 0 Å². The molecule has 2 atom stereocenters. The lowest BCUT2D eigenvalue weighted by molar-refractivity contribution is -0.0253. The summed E-state index contributed by atoms with van der Waals surface area (Å²) in [6, 6.07) is 0.